The highest BCUT2D eigenvalue weighted by Gasteiger charge is 2.26. The zero-order valence-electron chi connectivity index (χ0n) is 12.8. The first-order valence-electron chi connectivity index (χ1n) is 6.93. The van der Waals surface area contributed by atoms with E-state index < -0.39 is 17.7 Å². The molecule has 23 heavy (non-hydrogen) atoms. The minimum atomic E-state index is -1.32. The van der Waals surface area contributed by atoms with Crippen molar-refractivity contribution >= 4 is 11.9 Å². The van der Waals surface area contributed by atoms with E-state index in [9.17, 15) is 14.7 Å². The highest BCUT2D eigenvalue weighted by atomic mass is 16.5. The third-order valence-corrected chi connectivity index (χ3v) is 3.26. The smallest absolute Gasteiger partial charge is 0.358 e. The molecule has 2 rings (SSSR count). The maximum atomic E-state index is 12.0. The molecular weight excluding hydrogens is 302 g/mol. The average Bonchev–Trinajstić information content (AvgIpc) is 2.85. The highest BCUT2D eigenvalue weighted by molar-refractivity contribution is 5.99. The molecule has 0 atom stereocenters. The number of carbonyl (C=O) groups excluding carboxylic acids is 1. The van der Waals surface area contributed by atoms with E-state index >= 15 is 0 Å². The Kier molecular flexibility index (Phi) is 4.90. The minimum Gasteiger partial charge on any atom is -0.505 e. The Morgan fingerprint density at radius 2 is 1.87 bits per heavy atom. The van der Waals surface area contributed by atoms with Crippen LogP contribution in [0.25, 0.3) is 0 Å². The van der Waals surface area contributed by atoms with Crippen LogP contribution in [0, 0.1) is 0 Å². The fraction of sp³-hybridized carbons (Fsp3) is 0.250. The van der Waals surface area contributed by atoms with Gasteiger partial charge in [-0.1, -0.05) is 12.1 Å². The second-order valence-electron chi connectivity index (χ2n) is 4.74. The summed E-state index contributed by atoms with van der Waals surface area (Å²) in [5, 5.41) is 19.1. The fourth-order valence-corrected chi connectivity index (χ4v) is 2.17. The van der Waals surface area contributed by atoms with Crippen molar-refractivity contribution in [2.45, 2.75) is 13.5 Å². The molecular formula is C16H17NO6. The van der Waals surface area contributed by atoms with E-state index in [1.807, 2.05) is 0 Å². The first-order valence-corrected chi connectivity index (χ1v) is 6.93. The first-order chi connectivity index (χ1) is 11.0. The van der Waals surface area contributed by atoms with Gasteiger partial charge in [-0.3, -0.25) is 0 Å². The topological polar surface area (TPSA) is 98.0 Å². The summed E-state index contributed by atoms with van der Waals surface area (Å²) in [5.74, 6) is -2.00. The maximum absolute atomic E-state index is 12.0. The predicted octanol–water partition coefficient (Wildman–Crippen LogP) is 2.13. The number of aromatic nitrogens is 1. The summed E-state index contributed by atoms with van der Waals surface area (Å²) < 4.78 is 11.3. The molecule has 0 aliphatic carbocycles. The van der Waals surface area contributed by atoms with E-state index in [0.717, 1.165) is 5.56 Å². The van der Waals surface area contributed by atoms with E-state index in [-0.39, 0.29) is 24.4 Å². The SMILES string of the molecule is CCOC(=O)c1c(O)c(C(=O)O)cn1Cc1ccc(OC)cc1. The van der Waals surface area contributed by atoms with E-state index in [0.29, 0.717) is 5.75 Å². The molecule has 0 spiro atoms. The van der Waals surface area contributed by atoms with Gasteiger partial charge in [-0.25, -0.2) is 9.59 Å². The monoisotopic (exact) mass is 319 g/mol. The molecule has 7 nitrogen and oxygen atoms in total. The van der Waals surface area contributed by atoms with Crippen LogP contribution in [0.5, 0.6) is 11.5 Å². The number of nitrogens with zero attached hydrogens (tertiary/aromatic N) is 1. The van der Waals surface area contributed by atoms with Gasteiger partial charge in [0.15, 0.2) is 11.4 Å². The molecule has 0 unspecified atom stereocenters. The zero-order valence-corrected chi connectivity index (χ0v) is 12.8. The average molecular weight is 319 g/mol. The van der Waals surface area contributed by atoms with Gasteiger partial charge < -0.3 is 24.3 Å². The molecule has 1 aromatic heterocycles. The molecule has 0 fully saturated rings. The van der Waals surface area contributed by atoms with Crippen LogP contribution >= 0.6 is 0 Å². The Morgan fingerprint density at radius 3 is 2.39 bits per heavy atom. The summed E-state index contributed by atoms with van der Waals surface area (Å²) in [5.41, 5.74) is 0.282. The number of benzene rings is 1. The number of carboxylic acid groups (broad SMARTS) is 1. The summed E-state index contributed by atoms with van der Waals surface area (Å²) in [6.45, 7) is 1.96. The van der Waals surface area contributed by atoms with Gasteiger partial charge in [0.1, 0.15) is 11.3 Å². The molecule has 2 aromatic rings. The van der Waals surface area contributed by atoms with Crippen LogP contribution in [-0.2, 0) is 11.3 Å². The van der Waals surface area contributed by atoms with Crippen LogP contribution in [0.4, 0.5) is 0 Å². The van der Waals surface area contributed by atoms with Gasteiger partial charge >= 0.3 is 11.9 Å². The van der Waals surface area contributed by atoms with E-state index in [1.54, 1.807) is 38.3 Å². The number of aromatic carboxylic acids is 1. The van der Waals surface area contributed by atoms with E-state index in [1.165, 1.54) is 10.8 Å². The number of hydrogen-bond acceptors (Lipinski definition) is 5. The molecule has 0 aliphatic rings. The lowest BCUT2D eigenvalue weighted by Crippen LogP contribution is -2.12. The number of carbonyl (C=O) groups is 2. The van der Waals surface area contributed by atoms with Crippen molar-refractivity contribution < 1.29 is 29.3 Å². The molecule has 0 saturated carbocycles. The number of aromatic hydroxyl groups is 1. The van der Waals surface area contributed by atoms with Gasteiger partial charge in [0.05, 0.1) is 13.7 Å². The molecule has 2 N–H and O–H groups in total. The summed E-state index contributed by atoms with van der Waals surface area (Å²) in [4.78, 5) is 23.2. The summed E-state index contributed by atoms with van der Waals surface area (Å²) in [7, 11) is 1.55. The zero-order chi connectivity index (χ0) is 17.0. The number of hydrogen-bond donors (Lipinski definition) is 2. The molecule has 0 radical (unpaired) electrons. The second-order valence-corrected chi connectivity index (χ2v) is 4.74. The largest absolute Gasteiger partial charge is 0.505 e. The van der Waals surface area contributed by atoms with Crippen molar-refractivity contribution in [2.24, 2.45) is 0 Å². The minimum absolute atomic E-state index is 0.119. The van der Waals surface area contributed by atoms with Gasteiger partial charge in [-0.15, -0.1) is 0 Å². The first kappa shape index (κ1) is 16.4. The third kappa shape index (κ3) is 3.45. The van der Waals surface area contributed by atoms with Crippen molar-refractivity contribution in [3.05, 3.63) is 47.3 Å². The molecule has 0 aliphatic heterocycles. The molecule has 1 heterocycles. The fourth-order valence-electron chi connectivity index (χ4n) is 2.17. The number of esters is 1. The van der Waals surface area contributed by atoms with E-state index in [2.05, 4.69) is 0 Å². The van der Waals surface area contributed by atoms with Crippen molar-refractivity contribution in [3.63, 3.8) is 0 Å². The van der Waals surface area contributed by atoms with Crippen molar-refractivity contribution in [1.29, 1.82) is 0 Å². The van der Waals surface area contributed by atoms with Gasteiger partial charge in [-0.2, -0.15) is 0 Å². The Balaban J connectivity index is 2.40. The van der Waals surface area contributed by atoms with Crippen molar-refractivity contribution in [2.75, 3.05) is 13.7 Å². The van der Waals surface area contributed by atoms with Crippen molar-refractivity contribution in [3.8, 4) is 11.5 Å². The lowest BCUT2D eigenvalue weighted by atomic mass is 10.2. The lowest BCUT2D eigenvalue weighted by molar-refractivity contribution is 0.0511. The number of ether oxygens (including phenoxy) is 2. The highest BCUT2D eigenvalue weighted by Crippen LogP contribution is 2.27. The van der Waals surface area contributed by atoms with Gasteiger partial charge in [0.2, 0.25) is 0 Å². The quantitative estimate of drug-likeness (QED) is 0.792. The van der Waals surface area contributed by atoms with Gasteiger partial charge in [-0.05, 0) is 24.6 Å². The molecule has 0 bridgehead atoms. The normalized spacial score (nSPS) is 10.3. The Bertz CT molecular complexity index is 717. The Morgan fingerprint density at radius 1 is 1.22 bits per heavy atom. The number of carboxylic acids is 1. The summed E-state index contributed by atoms with van der Waals surface area (Å²) in [6, 6.07) is 7.07. The second kappa shape index (κ2) is 6.87. The standard InChI is InChI=1S/C16H17NO6/c1-3-23-16(21)13-14(18)12(15(19)20)9-17(13)8-10-4-6-11(22-2)7-5-10/h4-7,9,18H,3,8H2,1-2H3,(H,19,20). The van der Waals surface area contributed by atoms with Gasteiger partial charge in [0, 0.05) is 12.7 Å². The van der Waals surface area contributed by atoms with Gasteiger partial charge in [0.25, 0.3) is 0 Å². The Labute approximate surface area is 132 Å². The van der Waals surface area contributed by atoms with Crippen molar-refractivity contribution in [1.82, 2.24) is 4.57 Å². The van der Waals surface area contributed by atoms with E-state index in [4.69, 9.17) is 14.6 Å². The number of methoxy groups -OCH3 is 1. The van der Waals surface area contributed by atoms with Crippen LogP contribution in [0.1, 0.15) is 33.3 Å². The molecule has 0 amide bonds. The lowest BCUT2D eigenvalue weighted by Gasteiger charge is -2.09. The van der Waals surface area contributed by atoms with Crippen LogP contribution < -0.4 is 4.74 Å². The number of rotatable bonds is 6. The van der Waals surface area contributed by atoms with Crippen LogP contribution in [0.3, 0.4) is 0 Å². The Hall–Kier alpha value is -2.96. The van der Waals surface area contributed by atoms with Crippen LogP contribution in [0.2, 0.25) is 0 Å². The molecule has 122 valence electrons. The van der Waals surface area contributed by atoms with Crippen LogP contribution in [-0.4, -0.2) is 40.4 Å². The molecule has 0 saturated heterocycles. The van der Waals surface area contributed by atoms with Crippen LogP contribution in [0.15, 0.2) is 30.5 Å². The summed E-state index contributed by atoms with van der Waals surface area (Å²) in [6.07, 6.45) is 1.22. The maximum Gasteiger partial charge on any atom is 0.358 e. The predicted molar refractivity (Wildman–Crippen MR) is 81.1 cm³/mol. The third-order valence-electron chi connectivity index (χ3n) is 3.26. The molecule has 1 aromatic carbocycles. The summed E-state index contributed by atoms with van der Waals surface area (Å²) >= 11 is 0. The molecule has 7 heteroatoms.